The van der Waals surface area contributed by atoms with Crippen LogP contribution in [0.3, 0.4) is 0 Å². The van der Waals surface area contributed by atoms with Crippen LogP contribution < -0.4 is 9.80 Å². The first-order valence-electron chi connectivity index (χ1n) is 9.16. The Morgan fingerprint density at radius 3 is 2.52 bits per heavy atom. The summed E-state index contributed by atoms with van der Waals surface area (Å²) < 4.78 is 0. The highest BCUT2D eigenvalue weighted by Gasteiger charge is 2.19. The molecule has 1 aliphatic rings. The fraction of sp³-hybridized carbons (Fsp3) is 0.350. The molecule has 3 heterocycles. The lowest BCUT2D eigenvalue weighted by Gasteiger charge is -2.35. The number of aromatic nitrogens is 3. The lowest BCUT2D eigenvalue weighted by molar-refractivity contribution is 0.247. The predicted molar refractivity (Wildman–Crippen MR) is 111 cm³/mol. The first-order valence-corrected chi connectivity index (χ1v) is 10.0. The van der Waals surface area contributed by atoms with Gasteiger partial charge >= 0.3 is 0 Å². The van der Waals surface area contributed by atoms with Crippen molar-refractivity contribution in [3.63, 3.8) is 0 Å². The predicted octanol–water partition coefficient (Wildman–Crippen LogP) is 2.99. The molecular formula is C20H24N6S. The standard InChI is InChI=1S/C20H24N6S/c1-24(2)20-21-9-8-18(23-20)26-12-10-25(11-13-26)14-17-15-27-19(22-17)16-6-4-3-5-7-16/h3-9,15H,10-14H2,1-2H3. The van der Waals surface area contributed by atoms with Gasteiger partial charge in [0.15, 0.2) is 0 Å². The minimum Gasteiger partial charge on any atom is -0.354 e. The van der Waals surface area contributed by atoms with E-state index in [9.17, 15) is 0 Å². The molecule has 0 spiro atoms. The molecule has 1 aromatic carbocycles. The quantitative estimate of drug-likeness (QED) is 0.678. The summed E-state index contributed by atoms with van der Waals surface area (Å²) in [5.74, 6) is 1.76. The SMILES string of the molecule is CN(C)c1nccc(N2CCN(Cc3csc(-c4ccccc4)n3)CC2)n1. The number of thiazole rings is 1. The second kappa shape index (κ2) is 8.02. The number of rotatable bonds is 5. The van der Waals surface area contributed by atoms with E-state index in [0.29, 0.717) is 0 Å². The first-order chi connectivity index (χ1) is 13.2. The lowest BCUT2D eigenvalue weighted by Crippen LogP contribution is -2.46. The van der Waals surface area contributed by atoms with E-state index in [1.165, 1.54) is 5.56 Å². The van der Waals surface area contributed by atoms with Gasteiger partial charge in [-0.1, -0.05) is 30.3 Å². The van der Waals surface area contributed by atoms with Crippen LogP contribution in [0.25, 0.3) is 10.6 Å². The molecule has 0 aliphatic carbocycles. The minimum absolute atomic E-state index is 0.755. The van der Waals surface area contributed by atoms with Gasteiger partial charge in [0.1, 0.15) is 10.8 Å². The van der Waals surface area contributed by atoms with Crippen molar-refractivity contribution in [3.8, 4) is 10.6 Å². The van der Waals surface area contributed by atoms with Crippen LogP contribution in [0.4, 0.5) is 11.8 Å². The summed E-state index contributed by atoms with van der Waals surface area (Å²) in [6, 6.07) is 12.4. The molecule has 0 radical (unpaired) electrons. The zero-order chi connectivity index (χ0) is 18.6. The zero-order valence-corrected chi connectivity index (χ0v) is 16.6. The topological polar surface area (TPSA) is 48.4 Å². The zero-order valence-electron chi connectivity index (χ0n) is 15.7. The van der Waals surface area contributed by atoms with Gasteiger partial charge < -0.3 is 9.80 Å². The largest absolute Gasteiger partial charge is 0.354 e. The molecule has 140 valence electrons. The smallest absolute Gasteiger partial charge is 0.226 e. The number of hydrogen-bond acceptors (Lipinski definition) is 7. The number of anilines is 2. The Balaban J connectivity index is 1.35. The highest BCUT2D eigenvalue weighted by molar-refractivity contribution is 7.13. The molecule has 0 atom stereocenters. The van der Waals surface area contributed by atoms with E-state index in [2.05, 4.69) is 49.4 Å². The van der Waals surface area contributed by atoms with Crippen molar-refractivity contribution in [1.82, 2.24) is 19.9 Å². The molecule has 0 saturated carbocycles. The second-order valence-corrected chi connectivity index (χ2v) is 7.74. The number of nitrogens with zero attached hydrogens (tertiary/aromatic N) is 6. The molecular weight excluding hydrogens is 356 g/mol. The maximum Gasteiger partial charge on any atom is 0.226 e. The lowest BCUT2D eigenvalue weighted by atomic mass is 10.2. The Labute approximate surface area is 164 Å². The summed E-state index contributed by atoms with van der Waals surface area (Å²) in [5, 5.41) is 3.28. The molecule has 0 bridgehead atoms. The van der Waals surface area contributed by atoms with Crippen LogP contribution in [0.15, 0.2) is 48.0 Å². The fourth-order valence-electron chi connectivity index (χ4n) is 3.19. The van der Waals surface area contributed by atoms with Crippen molar-refractivity contribution in [3.05, 3.63) is 53.7 Å². The van der Waals surface area contributed by atoms with Gasteiger partial charge in [-0.2, -0.15) is 4.98 Å². The molecule has 0 N–H and O–H groups in total. The molecule has 2 aromatic heterocycles. The molecule has 0 unspecified atom stereocenters. The summed E-state index contributed by atoms with van der Waals surface area (Å²) in [6.45, 7) is 4.88. The second-order valence-electron chi connectivity index (χ2n) is 6.88. The van der Waals surface area contributed by atoms with Crippen LogP contribution in [0.2, 0.25) is 0 Å². The highest BCUT2D eigenvalue weighted by atomic mass is 32.1. The molecule has 3 aromatic rings. The van der Waals surface area contributed by atoms with Gasteiger partial charge in [-0.25, -0.2) is 9.97 Å². The van der Waals surface area contributed by atoms with E-state index in [0.717, 1.165) is 55.2 Å². The third kappa shape index (κ3) is 4.26. The van der Waals surface area contributed by atoms with Crippen LogP contribution >= 0.6 is 11.3 Å². The average molecular weight is 381 g/mol. The van der Waals surface area contributed by atoms with Crippen LogP contribution in [0.5, 0.6) is 0 Å². The number of piperazine rings is 1. The molecule has 6 nitrogen and oxygen atoms in total. The van der Waals surface area contributed by atoms with Crippen molar-refractivity contribution in [2.75, 3.05) is 50.1 Å². The van der Waals surface area contributed by atoms with E-state index in [-0.39, 0.29) is 0 Å². The third-order valence-corrected chi connectivity index (χ3v) is 5.62. The number of benzene rings is 1. The highest BCUT2D eigenvalue weighted by Crippen LogP contribution is 2.24. The van der Waals surface area contributed by atoms with Gasteiger partial charge in [-0.3, -0.25) is 4.90 Å². The van der Waals surface area contributed by atoms with Crippen LogP contribution in [0, 0.1) is 0 Å². The van der Waals surface area contributed by atoms with Gasteiger partial charge in [0.25, 0.3) is 0 Å². The van der Waals surface area contributed by atoms with Crippen LogP contribution in [0.1, 0.15) is 5.69 Å². The molecule has 27 heavy (non-hydrogen) atoms. The monoisotopic (exact) mass is 380 g/mol. The maximum atomic E-state index is 4.82. The van der Waals surface area contributed by atoms with Crippen LogP contribution in [-0.4, -0.2) is 60.1 Å². The Hall–Kier alpha value is -2.51. The van der Waals surface area contributed by atoms with E-state index in [1.807, 2.05) is 37.3 Å². The minimum atomic E-state index is 0.755. The van der Waals surface area contributed by atoms with Gasteiger partial charge in [-0.05, 0) is 6.07 Å². The van der Waals surface area contributed by atoms with Gasteiger partial charge in [0.2, 0.25) is 5.95 Å². The van der Waals surface area contributed by atoms with E-state index in [4.69, 9.17) is 4.98 Å². The molecule has 4 rings (SSSR count). The molecule has 1 fully saturated rings. The summed E-state index contributed by atoms with van der Waals surface area (Å²) in [6.07, 6.45) is 1.84. The summed E-state index contributed by atoms with van der Waals surface area (Å²) >= 11 is 1.72. The Morgan fingerprint density at radius 2 is 1.78 bits per heavy atom. The third-order valence-electron chi connectivity index (χ3n) is 4.68. The Morgan fingerprint density at radius 1 is 1.00 bits per heavy atom. The summed E-state index contributed by atoms with van der Waals surface area (Å²) in [7, 11) is 3.93. The number of hydrogen-bond donors (Lipinski definition) is 0. The molecule has 1 aliphatic heterocycles. The van der Waals surface area contributed by atoms with E-state index < -0.39 is 0 Å². The average Bonchev–Trinajstić information content (AvgIpc) is 3.18. The van der Waals surface area contributed by atoms with Crippen molar-refractivity contribution in [2.45, 2.75) is 6.54 Å². The first kappa shape index (κ1) is 17.9. The van der Waals surface area contributed by atoms with Gasteiger partial charge in [0.05, 0.1) is 5.69 Å². The van der Waals surface area contributed by atoms with Crippen molar-refractivity contribution in [2.24, 2.45) is 0 Å². The van der Waals surface area contributed by atoms with E-state index >= 15 is 0 Å². The van der Waals surface area contributed by atoms with Crippen molar-refractivity contribution < 1.29 is 0 Å². The molecule has 7 heteroatoms. The van der Waals surface area contributed by atoms with E-state index in [1.54, 1.807) is 11.3 Å². The normalized spacial score (nSPS) is 15.1. The van der Waals surface area contributed by atoms with Gasteiger partial charge in [-0.15, -0.1) is 11.3 Å². The van der Waals surface area contributed by atoms with Crippen LogP contribution in [-0.2, 0) is 6.54 Å². The Bertz CT molecular complexity index is 871. The Kier molecular flexibility index (Phi) is 5.31. The summed E-state index contributed by atoms with van der Waals surface area (Å²) in [4.78, 5) is 20.5. The van der Waals surface area contributed by atoms with Gasteiger partial charge in [0, 0.05) is 64.0 Å². The van der Waals surface area contributed by atoms with Crippen molar-refractivity contribution in [1.29, 1.82) is 0 Å². The van der Waals surface area contributed by atoms with Crippen molar-refractivity contribution >= 4 is 23.1 Å². The molecule has 0 amide bonds. The maximum absolute atomic E-state index is 4.82. The summed E-state index contributed by atoms with van der Waals surface area (Å²) in [5.41, 5.74) is 2.35. The molecule has 1 saturated heterocycles. The fourth-order valence-corrected chi connectivity index (χ4v) is 4.00.